The number of aryl methyl sites for hydroxylation is 1. The van der Waals surface area contributed by atoms with Crippen molar-refractivity contribution in [2.24, 2.45) is 0 Å². The molecule has 26 heavy (non-hydrogen) atoms. The number of hydrogen-bond acceptors (Lipinski definition) is 5. The third kappa shape index (κ3) is 4.55. The van der Waals surface area contributed by atoms with Crippen molar-refractivity contribution in [1.29, 1.82) is 0 Å². The summed E-state index contributed by atoms with van der Waals surface area (Å²) in [5, 5.41) is 0. The van der Waals surface area contributed by atoms with E-state index in [4.69, 9.17) is 9.47 Å². The molecular formula is C19H26N2O4S. The molecule has 0 radical (unpaired) electrons. The first kappa shape index (κ1) is 20.2. The van der Waals surface area contributed by atoms with Crippen LogP contribution < -0.4 is 14.2 Å². The number of nitrogens with zero attached hydrogens (tertiary/aromatic N) is 1. The molecular weight excluding hydrogens is 352 g/mol. The molecule has 0 saturated heterocycles. The maximum Gasteiger partial charge on any atom is 0.240 e. The molecule has 0 aromatic heterocycles. The lowest BCUT2D eigenvalue weighted by molar-refractivity contribution is 0.297. The zero-order valence-corrected chi connectivity index (χ0v) is 16.6. The summed E-state index contributed by atoms with van der Waals surface area (Å²) in [6.45, 7) is 2.02. The maximum atomic E-state index is 12.7. The average Bonchev–Trinajstić information content (AvgIpc) is 2.61. The topological polar surface area (TPSA) is 67.9 Å². The Morgan fingerprint density at radius 3 is 2.27 bits per heavy atom. The van der Waals surface area contributed by atoms with E-state index in [2.05, 4.69) is 4.72 Å². The quantitative estimate of drug-likeness (QED) is 0.765. The van der Waals surface area contributed by atoms with Crippen LogP contribution in [-0.2, 0) is 10.0 Å². The van der Waals surface area contributed by atoms with Gasteiger partial charge in [-0.25, -0.2) is 13.1 Å². The molecule has 1 N–H and O–H groups in total. The molecule has 2 aromatic carbocycles. The van der Waals surface area contributed by atoms with Gasteiger partial charge in [0.25, 0.3) is 0 Å². The number of likely N-dealkylation sites (N-methyl/N-ethyl adjacent to an activating group) is 1. The van der Waals surface area contributed by atoms with Crippen LogP contribution in [0.3, 0.4) is 0 Å². The summed E-state index contributed by atoms with van der Waals surface area (Å²) in [6.07, 6.45) is 0. The highest BCUT2D eigenvalue weighted by Gasteiger charge is 2.21. The van der Waals surface area contributed by atoms with E-state index in [-0.39, 0.29) is 12.6 Å². The second-order valence-corrected chi connectivity index (χ2v) is 7.95. The smallest absolute Gasteiger partial charge is 0.240 e. The molecule has 0 aliphatic carbocycles. The van der Waals surface area contributed by atoms with Crippen molar-refractivity contribution in [3.05, 3.63) is 53.6 Å². The minimum Gasteiger partial charge on any atom is -0.493 e. The highest BCUT2D eigenvalue weighted by molar-refractivity contribution is 7.89. The van der Waals surface area contributed by atoms with E-state index in [0.29, 0.717) is 22.0 Å². The normalized spacial score (nSPS) is 12.8. The molecule has 0 amide bonds. The van der Waals surface area contributed by atoms with Gasteiger partial charge < -0.3 is 14.4 Å². The van der Waals surface area contributed by atoms with Gasteiger partial charge in [0.05, 0.1) is 19.1 Å². The van der Waals surface area contributed by atoms with Gasteiger partial charge in [-0.15, -0.1) is 0 Å². The van der Waals surface area contributed by atoms with Gasteiger partial charge >= 0.3 is 0 Å². The number of rotatable bonds is 8. The molecule has 0 spiro atoms. The van der Waals surface area contributed by atoms with Crippen molar-refractivity contribution >= 4 is 10.0 Å². The monoisotopic (exact) mass is 378 g/mol. The average molecular weight is 378 g/mol. The van der Waals surface area contributed by atoms with Crippen LogP contribution in [0.25, 0.3) is 0 Å². The molecule has 0 heterocycles. The summed E-state index contributed by atoms with van der Waals surface area (Å²) in [5.41, 5.74) is 1.65. The fourth-order valence-corrected chi connectivity index (χ4v) is 4.07. The zero-order chi connectivity index (χ0) is 19.3. The lowest BCUT2D eigenvalue weighted by atomic mass is 10.1. The molecule has 142 valence electrons. The van der Waals surface area contributed by atoms with Crippen molar-refractivity contribution in [3.63, 3.8) is 0 Å². The van der Waals surface area contributed by atoms with Crippen molar-refractivity contribution < 1.29 is 17.9 Å². The van der Waals surface area contributed by atoms with E-state index >= 15 is 0 Å². The van der Waals surface area contributed by atoms with Crippen LogP contribution in [-0.4, -0.2) is 48.2 Å². The highest BCUT2D eigenvalue weighted by Crippen LogP contribution is 2.31. The number of methoxy groups -OCH3 is 2. The van der Waals surface area contributed by atoms with Crippen LogP contribution in [0.1, 0.15) is 17.2 Å². The molecule has 1 atom stereocenters. The first-order valence-electron chi connectivity index (χ1n) is 8.23. The van der Waals surface area contributed by atoms with Gasteiger partial charge in [-0.2, -0.15) is 0 Å². The maximum absolute atomic E-state index is 12.7. The Morgan fingerprint density at radius 2 is 1.69 bits per heavy atom. The van der Waals surface area contributed by atoms with Gasteiger partial charge in [-0.1, -0.05) is 24.3 Å². The van der Waals surface area contributed by atoms with E-state index in [9.17, 15) is 8.42 Å². The number of benzene rings is 2. The molecule has 0 aliphatic rings. The predicted octanol–water partition coefficient (Wildman–Crippen LogP) is 2.59. The summed E-state index contributed by atoms with van der Waals surface area (Å²) in [5.74, 6) is 1.24. The Kier molecular flexibility index (Phi) is 6.63. The van der Waals surface area contributed by atoms with Crippen LogP contribution in [0.2, 0.25) is 0 Å². The lowest BCUT2D eigenvalue weighted by Gasteiger charge is -2.26. The van der Waals surface area contributed by atoms with E-state index < -0.39 is 10.0 Å². The van der Waals surface area contributed by atoms with Crippen LogP contribution in [0.15, 0.2) is 47.4 Å². The van der Waals surface area contributed by atoms with Crippen LogP contribution in [0, 0.1) is 6.92 Å². The minimum atomic E-state index is -3.59. The second kappa shape index (κ2) is 8.53. The van der Waals surface area contributed by atoms with Gasteiger partial charge in [0, 0.05) is 12.6 Å². The first-order valence-corrected chi connectivity index (χ1v) is 9.72. The molecule has 2 rings (SSSR count). The third-order valence-corrected chi connectivity index (χ3v) is 5.85. The van der Waals surface area contributed by atoms with Crippen molar-refractivity contribution in [1.82, 2.24) is 9.62 Å². The van der Waals surface area contributed by atoms with Gasteiger partial charge in [0.2, 0.25) is 10.0 Å². The molecule has 0 bridgehead atoms. The van der Waals surface area contributed by atoms with E-state index in [0.717, 1.165) is 5.56 Å². The van der Waals surface area contributed by atoms with Gasteiger partial charge in [-0.3, -0.25) is 0 Å². The van der Waals surface area contributed by atoms with E-state index in [1.54, 1.807) is 39.3 Å². The molecule has 0 saturated carbocycles. The molecule has 6 nitrogen and oxygen atoms in total. The summed E-state index contributed by atoms with van der Waals surface area (Å²) in [7, 11) is 3.38. The third-order valence-electron chi connectivity index (χ3n) is 4.27. The largest absolute Gasteiger partial charge is 0.493 e. The Labute approximate surface area is 155 Å². The van der Waals surface area contributed by atoms with Crippen molar-refractivity contribution in [2.75, 3.05) is 34.9 Å². The predicted molar refractivity (Wildman–Crippen MR) is 102 cm³/mol. The summed E-state index contributed by atoms with van der Waals surface area (Å²) >= 11 is 0. The summed E-state index contributed by atoms with van der Waals surface area (Å²) in [4.78, 5) is 2.26. The van der Waals surface area contributed by atoms with Crippen LogP contribution in [0.5, 0.6) is 11.5 Å². The Morgan fingerprint density at radius 1 is 1.04 bits per heavy atom. The molecule has 0 fully saturated rings. The molecule has 7 heteroatoms. The van der Waals surface area contributed by atoms with Gasteiger partial charge in [-0.05, 0) is 50.3 Å². The van der Waals surface area contributed by atoms with E-state index in [1.165, 1.54) is 0 Å². The molecule has 2 aromatic rings. The van der Waals surface area contributed by atoms with Crippen LogP contribution in [0.4, 0.5) is 0 Å². The second-order valence-electron chi connectivity index (χ2n) is 6.21. The van der Waals surface area contributed by atoms with Crippen LogP contribution >= 0.6 is 0 Å². The first-order chi connectivity index (χ1) is 12.3. The van der Waals surface area contributed by atoms with Gasteiger partial charge in [0.1, 0.15) is 0 Å². The number of hydrogen-bond donors (Lipinski definition) is 1. The standard InChI is InChI=1S/C19H26N2O4S/c1-14-8-6-7-9-19(14)26(22,23)20-13-16(21(2)3)15-10-11-17(24-4)18(12-15)25-5/h6-12,16,20H,13H2,1-5H3. The minimum absolute atomic E-state index is 0.159. The Hall–Kier alpha value is -2.09. The number of sulfonamides is 1. The lowest BCUT2D eigenvalue weighted by Crippen LogP contribution is -2.34. The SMILES string of the molecule is COc1ccc(C(CNS(=O)(=O)c2ccccc2C)N(C)C)cc1OC. The molecule has 0 aliphatic heterocycles. The van der Waals surface area contributed by atoms with E-state index in [1.807, 2.05) is 43.3 Å². The summed E-state index contributed by atoms with van der Waals surface area (Å²) < 4.78 is 38.7. The van der Waals surface area contributed by atoms with Crippen molar-refractivity contribution in [3.8, 4) is 11.5 Å². The molecule has 1 unspecified atom stereocenters. The summed E-state index contributed by atoms with van der Waals surface area (Å²) in [6, 6.07) is 12.4. The highest BCUT2D eigenvalue weighted by atomic mass is 32.2. The van der Waals surface area contributed by atoms with Gasteiger partial charge in [0.15, 0.2) is 11.5 Å². The van der Waals surface area contributed by atoms with Crippen molar-refractivity contribution in [2.45, 2.75) is 17.9 Å². The zero-order valence-electron chi connectivity index (χ0n) is 15.8. The number of nitrogens with one attached hydrogen (secondary N) is 1. The Balaban J connectivity index is 2.26. The number of ether oxygens (including phenoxy) is 2. The fourth-order valence-electron chi connectivity index (χ4n) is 2.78. The Bertz CT molecular complexity index is 850. The fraction of sp³-hybridized carbons (Fsp3) is 0.368.